The summed E-state index contributed by atoms with van der Waals surface area (Å²) in [4.78, 5) is 5.23. The molecule has 10 N–H and O–H groups in total. The van der Waals surface area contributed by atoms with Crippen LogP contribution < -0.4 is 31.9 Å². The number of nitrogens with one attached hydrogen (secondary N) is 6. The summed E-state index contributed by atoms with van der Waals surface area (Å²) in [6, 6.07) is 9.42. The second-order valence-corrected chi connectivity index (χ2v) is 10.3. The molecule has 2 fully saturated rings. The van der Waals surface area contributed by atoms with Crippen LogP contribution in [0.15, 0.2) is 24.3 Å². The van der Waals surface area contributed by atoms with E-state index in [0.29, 0.717) is 0 Å². The molecule has 2 saturated heterocycles. The zero-order valence-electron chi connectivity index (χ0n) is 27.0. The van der Waals surface area contributed by atoms with E-state index in [0.717, 1.165) is 118 Å². The molecule has 3 rings (SSSR count). The molecule has 0 aromatic heterocycles. The van der Waals surface area contributed by atoms with Gasteiger partial charge in [-0.1, -0.05) is 24.3 Å². The molecule has 2 heterocycles. The van der Waals surface area contributed by atoms with Crippen LogP contribution in [0.5, 0.6) is 0 Å². The van der Waals surface area contributed by atoms with Crippen molar-refractivity contribution in [2.45, 2.75) is 38.8 Å². The average molecular weight is 1190 g/mol. The third-order valence-electron chi connectivity index (χ3n) is 7.07. The maximum Gasteiger partial charge on any atom is 0.0234 e. The van der Waals surface area contributed by atoms with Crippen molar-refractivity contribution in [3.05, 3.63) is 35.4 Å². The van der Waals surface area contributed by atoms with Crippen LogP contribution in [0.25, 0.3) is 0 Å². The fourth-order valence-electron chi connectivity index (χ4n) is 4.92. The van der Waals surface area contributed by atoms with Gasteiger partial charge in [0.1, 0.15) is 0 Å². The van der Waals surface area contributed by atoms with Crippen molar-refractivity contribution < 1.29 is 11.0 Å². The molecule has 46 heavy (non-hydrogen) atoms. The molecule has 1 aromatic rings. The number of hydrogen-bond acceptors (Lipinski definition) is 8. The van der Waals surface area contributed by atoms with E-state index in [2.05, 4.69) is 66.0 Å². The molecule has 0 radical (unpaired) electrons. The first-order chi connectivity index (χ1) is 17.9. The predicted octanol–water partition coefficient (Wildman–Crippen LogP) is 3.39. The lowest BCUT2D eigenvalue weighted by Gasteiger charge is -2.24. The van der Waals surface area contributed by atoms with E-state index in [1.807, 2.05) is 0 Å². The summed E-state index contributed by atoms with van der Waals surface area (Å²) in [5.41, 5.74) is 2.86. The summed E-state index contributed by atoms with van der Waals surface area (Å²) < 4.78 is 0. The monoisotopic (exact) mass is 1180 g/mol. The average Bonchev–Trinajstić information content (AvgIpc) is 2.89. The first-order valence-electron chi connectivity index (χ1n) is 14.7. The highest BCUT2D eigenvalue weighted by Crippen LogP contribution is 2.11. The number of rotatable bonds is 4. The zero-order valence-corrected chi connectivity index (χ0v) is 40.7. The Bertz CT molecular complexity index is 600. The normalized spacial score (nSPS) is 17.9. The van der Waals surface area contributed by atoms with E-state index in [1.54, 1.807) is 0 Å². The Labute approximate surface area is 363 Å². The summed E-state index contributed by atoms with van der Waals surface area (Å²) in [6.07, 6.45) is 4.80. The molecule has 286 valence electrons. The molecule has 10 nitrogen and oxygen atoms in total. The summed E-state index contributed by atoms with van der Waals surface area (Å²) in [7, 11) is 0. The van der Waals surface area contributed by atoms with Crippen molar-refractivity contribution in [3.8, 4) is 0 Å². The van der Waals surface area contributed by atoms with Crippen LogP contribution in [0.3, 0.4) is 0 Å². The van der Waals surface area contributed by atoms with Crippen LogP contribution in [0.2, 0.25) is 0 Å². The van der Waals surface area contributed by atoms with E-state index in [4.69, 9.17) is 0 Å². The summed E-state index contributed by atoms with van der Waals surface area (Å²) in [6.45, 7) is 19.6. The minimum absolute atomic E-state index is 0. The predicted molar refractivity (Wildman–Crippen MR) is 242 cm³/mol. The smallest absolute Gasteiger partial charge is 0.0234 e. The Morgan fingerprint density at radius 2 is 0.609 bits per heavy atom. The van der Waals surface area contributed by atoms with Crippen LogP contribution in [0, 0.1) is 0 Å². The van der Waals surface area contributed by atoms with Gasteiger partial charge in [-0.3, -0.25) is 9.80 Å². The van der Waals surface area contributed by atoms with Crippen molar-refractivity contribution in [2.24, 2.45) is 0 Å². The molecule has 18 heteroatoms. The minimum Gasteiger partial charge on any atom is -0.412 e. The first kappa shape index (κ1) is 66.9. The van der Waals surface area contributed by atoms with Crippen molar-refractivity contribution >= 4 is 136 Å². The minimum atomic E-state index is 0. The molecule has 2 aliphatic rings. The Balaban J connectivity index is -0.000000241. The molecular weight excluding hydrogens is 1120 g/mol. The summed E-state index contributed by atoms with van der Waals surface area (Å²) in [5, 5.41) is 21.4. The van der Waals surface area contributed by atoms with Gasteiger partial charge in [0.05, 0.1) is 0 Å². The summed E-state index contributed by atoms with van der Waals surface area (Å²) in [5.74, 6) is 0. The fourth-order valence-corrected chi connectivity index (χ4v) is 4.92. The van der Waals surface area contributed by atoms with Gasteiger partial charge in [-0.25, -0.2) is 0 Å². The number of hydrogen-bond donors (Lipinski definition) is 6. The SMILES string of the molecule is Br.Br.Br.Br.Br.Br.Br.Br.O.O.c1cc(CN2CCCNCCNCCCNCC2)ccc1CN1CCCNCCNCCCNCC1. The van der Waals surface area contributed by atoms with Crippen LogP contribution in [-0.2, 0) is 13.1 Å². The van der Waals surface area contributed by atoms with Gasteiger partial charge >= 0.3 is 0 Å². The zero-order chi connectivity index (χ0) is 24.9. The first-order valence-corrected chi connectivity index (χ1v) is 14.7. The topological polar surface area (TPSA) is 142 Å². The maximum absolute atomic E-state index is 3.63. The van der Waals surface area contributed by atoms with Gasteiger partial charge in [-0.15, -0.1) is 136 Å². The molecule has 1 aromatic carbocycles. The van der Waals surface area contributed by atoms with Crippen molar-refractivity contribution in [2.75, 3.05) is 105 Å². The third-order valence-corrected chi connectivity index (χ3v) is 7.07. The molecule has 0 spiro atoms. The number of benzene rings is 1. The lowest BCUT2D eigenvalue weighted by molar-refractivity contribution is 0.258. The van der Waals surface area contributed by atoms with Crippen molar-refractivity contribution in [1.29, 1.82) is 0 Å². The van der Waals surface area contributed by atoms with Crippen molar-refractivity contribution in [1.82, 2.24) is 41.7 Å². The highest BCUT2D eigenvalue weighted by molar-refractivity contribution is 8.93. The van der Waals surface area contributed by atoms with Gasteiger partial charge in [0, 0.05) is 65.4 Å². The Kier molecular flexibility index (Phi) is 69.3. The van der Waals surface area contributed by atoms with Gasteiger partial charge in [0.2, 0.25) is 0 Å². The molecule has 0 saturated carbocycles. The molecular formula is C28H66Br8N8O2. The lowest BCUT2D eigenvalue weighted by atomic mass is 10.1. The van der Waals surface area contributed by atoms with Crippen LogP contribution in [-0.4, -0.2) is 125 Å². The summed E-state index contributed by atoms with van der Waals surface area (Å²) >= 11 is 0. The molecule has 2 aliphatic heterocycles. The second kappa shape index (κ2) is 47.7. The van der Waals surface area contributed by atoms with E-state index in [-0.39, 0.29) is 147 Å². The van der Waals surface area contributed by atoms with Gasteiger partial charge in [0.15, 0.2) is 0 Å². The standard InChI is InChI=1S/C28H54N8.8BrH.2H2O/c1-9-29-15-17-31-13-3-21-35(23-19-33-11-1)25-27-5-7-28(8-6-27)26-36-22-4-14-32-18-16-30-10-2-12-34-20-24-36;;;;;;;;;;/h5-8,29-34H,1-4,9-26H2;8*1H;2*1H2. The van der Waals surface area contributed by atoms with E-state index < -0.39 is 0 Å². The molecule has 0 atom stereocenters. The molecule has 0 aliphatic carbocycles. The highest BCUT2D eigenvalue weighted by Gasteiger charge is 2.09. The largest absolute Gasteiger partial charge is 0.412 e. The fraction of sp³-hybridized carbons (Fsp3) is 0.786. The molecule has 0 amide bonds. The number of halogens is 8. The lowest BCUT2D eigenvalue weighted by Crippen LogP contribution is -2.36. The quantitative estimate of drug-likeness (QED) is 0.270. The van der Waals surface area contributed by atoms with Gasteiger partial charge in [0.25, 0.3) is 0 Å². The van der Waals surface area contributed by atoms with Crippen molar-refractivity contribution in [3.63, 3.8) is 0 Å². The Morgan fingerprint density at radius 1 is 0.348 bits per heavy atom. The van der Waals surface area contributed by atoms with Gasteiger partial charge < -0.3 is 42.9 Å². The van der Waals surface area contributed by atoms with Crippen LogP contribution in [0.4, 0.5) is 0 Å². The van der Waals surface area contributed by atoms with Crippen LogP contribution >= 0.6 is 136 Å². The Hall–Kier alpha value is 2.66. The van der Waals surface area contributed by atoms with Gasteiger partial charge in [-0.05, 0) is 89.2 Å². The van der Waals surface area contributed by atoms with E-state index in [9.17, 15) is 0 Å². The van der Waals surface area contributed by atoms with E-state index in [1.165, 1.54) is 36.8 Å². The highest BCUT2D eigenvalue weighted by atomic mass is 79.9. The second-order valence-electron chi connectivity index (χ2n) is 10.3. The number of nitrogens with zero attached hydrogens (tertiary/aromatic N) is 2. The van der Waals surface area contributed by atoms with Gasteiger partial charge in [-0.2, -0.15) is 0 Å². The Morgan fingerprint density at radius 3 is 0.913 bits per heavy atom. The maximum atomic E-state index is 3.63. The third kappa shape index (κ3) is 35.1. The molecule has 0 unspecified atom stereocenters. The van der Waals surface area contributed by atoms with E-state index >= 15 is 0 Å². The molecule has 0 bridgehead atoms. The van der Waals surface area contributed by atoms with Crippen LogP contribution in [0.1, 0.15) is 36.8 Å².